The highest BCUT2D eigenvalue weighted by Crippen LogP contribution is 2.28. The van der Waals surface area contributed by atoms with E-state index in [0.717, 1.165) is 23.2 Å². The van der Waals surface area contributed by atoms with Gasteiger partial charge in [-0.05, 0) is 48.6 Å². The van der Waals surface area contributed by atoms with Gasteiger partial charge in [-0.2, -0.15) is 0 Å². The van der Waals surface area contributed by atoms with E-state index in [1.54, 1.807) is 31.3 Å². The Morgan fingerprint density at radius 2 is 1.72 bits per heavy atom. The maximum absolute atomic E-state index is 13.1. The summed E-state index contributed by atoms with van der Waals surface area (Å²) in [5.74, 6) is 0.620. The number of anilines is 1. The van der Waals surface area contributed by atoms with Gasteiger partial charge in [0.05, 0.1) is 14.2 Å². The van der Waals surface area contributed by atoms with Gasteiger partial charge in [-0.15, -0.1) is 0 Å². The van der Waals surface area contributed by atoms with Gasteiger partial charge >= 0.3 is 6.03 Å². The number of urea groups is 1. The number of ether oxygens (including phenoxy) is 2. The quantitative estimate of drug-likeness (QED) is 0.494. The van der Waals surface area contributed by atoms with Crippen LogP contribution in [0.1, 0.15) is 37.8 Å². The van der Waals surface area contributed by atoms with Crippen LogP contribution in [-0.2, 0) is 22.4 Å². The number of hydrogen-bond donors (Lipinski definition) is 3. The third-order valence-electron chi connectivity index (χ3n) is 6.35. The number of piperidine rings is 1. The molecule has 0 saturated carbocycles. The molecule has 0 radical (unpaired) electrons. The minimum absolute atomic E-state index is 0.0776. The Kier molecular flexibility index (Phi) is 9.55. The highest BCUT2D eigenvalue weighted by molar-refractivity contribution is 5.90. The lowest BCUT2D eigenvalue weighted by Crippen LogP contribution is -2.53. The van der Waals surface area contributed by atoms with Gasteiger partial charge in [0, 0.05) is 38.2 Å². The molecule has 0 bridgehead atoms. The third-order valence-corrected chi connectivity index (χ3v) is 6.35. The molecule has 9 nitrogen and oxygen atoms in total. The fraction of sp³-hybridized carbons (Fsp3) is 0.444. The molecule has 1 aliphatic heterocycles. The zero-order chi connectivity index (χ0) is 26.1. The molecular formula is C27H36N4O5. The van der Waals surface area contributed by atoms with E-state index in [9.17, 15) is 14.4 Å². The summed E-state index contributed by atoms with van der Waals surface area (Å²) in [6, 6.07) is 12.3. The predicted octanol–water partition coefficient (Wildman–Crippen LogP) is 3.13. The van der Waals surface area contributed by atoms with E-state index in [4.69, 9.17) is 9.47 Å². The number of carbonyl (C=O) groups excluding carboxylic acids is 3. The van der Waals surface area contributed by atoms with Crippen molar-refractivity contribution in [2.45, 2.75) is 51.6 Å². The largest absolute Gasteiger partial charge is 0.493 e. The van der Waals surface area contributed by atoms with Gasteiger partial charge in [-0.3, -0.25) is 9.59 Å². The second kappa shape index (κ2) is 12.8. The average molecular weight is 497 g/mol. The van der Waals surface area contributed by atoms with Crippen LogP contribution >= 0.6 is 0 Å². The topological polar surface area (TPSA) is 109 Å². The second-order valence-corrected chi connectivity index (χ2v) is 8.86. The molecule has 3 rings (SSSR count). The molecule has 36 heavy (non-hydrogen) atoms. The van der Waals surface area contributed by atoms with E-state index in [2.05, 4.69) is 22.9 Å². The van der Waals surface area contributed by atoms with Crippen LogP contribution in [0.2, 0.25) is 0 Å². The Hall–Kier alpha value is -3.75. The maximum atomic E-state index is 13.1. The first-order chi connectivity index (χ1) is 17.3. The van der Waals surface area contributed by atoms with Crippen molar-refractivity contribution in [3.63, 3.8) is 0 Å². The van der Waals surface area contributed by atoms with Gasteiger partial charge in [-0.25, -0.2) is 4.79 Å². The van der Waals surface area contributed by atoms with Gasteiger partial charge in [0.2, 0.25) is 11.8 Å². The molecule has 0 unspecified atom stereocenters. The molecule has 1 atom stereocenters. The number of para-hydroxylation sites is 1. The Labute approximate surface area is 212 Å². The smallest absolute Gasteiger partial charge is 0.321 e. The van der Waals surface area contributed by atoms with E-state index in [1.165, 1.54) is 6.92 Å². The summed E-state index contributed by atoms with van der Waals surface area (Å²) in [5.41, 5.74) is 2.75. The van der Waals surface area contributed by atoms with Crippen LogP contribution < -0.4 is 25.4 Å². The summed E-state index contributed by atoms with van der Waals surface area (Å²) >= 11 is 0. The zero-order valence-electron chi connectivity index (χ0n) is 21.4. The van der Waals surface area contributed by atoms with Crippen LogP contribution in [0.25, 0.3) is 0 Å². The highest BCUT2D eigenvalue weighted by atomic mass is 16.5. The van der Waals surface area contributed by atoms with Crippen LogP contribution in [0, 0.1) is 0 Å². The molecule has 1 aliphatic rings. The first kappa shape index (κ1) is 26.8. The zero-order valence-corrected chi connectivity index (χ0v) is 21.4. The normalized spacial score (nSPS) is 14.5. The number of amides is 4. The number of benzene rings is 2. The Morgan fingerprint density at radius 1 is 1.03 bits per heavy atom. The number of rotatable bonds is 9. The van der Waals surface area contributed by atoms with Crippen LogP contribution in [0.5, 0.6) is 11.5 Å². The lowest BCUT2D eigenvalue weighted by molar-refractivity contribution is -0.128. The van der Waals surface area contributed by atoms with E-state index in [1.807, 2.05) is 30.3 Å². The van der Waals surface area contributed by atoms with Crippen LogP contribution in [0.15, 0.2) is 42.5 Å². The Bertz CT molecular complexity index is 1070. The fourth-order valence-electron chi connectivity index (χ4n) is 4.37. The van der Waals surface area contributed by atoms with Gasteiger partial charge in [-0.1, -0.05) is 31.2 Å². The van der Waals surface area contributed by atoms with Crippen molar-refractivity contribution in [1.82, 2.24) is 15.5 Å². The van der Waals surface area contributed by atoms with E-state index < -0.39 is 6.04 Å². The Balaban J connectivity index is 1.56. The summed E-state index contributed by atoms with van der Waals surface area (Å²) in [7, 11) is 3.11. The third kappa shape index (κ3) is 7.13. The Morgan fingerprint density at radius 3 is 2.36 bits per heavy atom. The monoisotopic (exact) mass is 496 g/mol. The molecule has 1 heterocycles. The van der Waals surface area contributed by atoms with Crippen molar-refractivity contribution in [1.29, 1.82) is 0 Å². The molecule has 0 aromatic heterocycles. The summed E-state index contributed by atoms with van der Waals surface area (Å²) in [4.78, 5) is 39.4. The number of aryl methyl sites for hydroxylation is 1. The fourth-order valence-corrected chi connectivity index (χ4v) is 4.37. The second-order valence-electron chi connectivity index (χ2n) is 8.86. The molecule has 0 spiro atoms. The standard InChI is InChI=1S/C27H36N4O5/c1-5-20-8-6-7-9-22(20)30-27(34)31-14-12-21(13-15-31)29-26(33)23(28-18(2)32)16-19-10-11-24(35-3)25(17-19)36-4/h6-11,17,21,23H,5,12-16H2,1-4H3,(H,28,32)(H,29,33)(H,30,34)/t23-/m1/s1. The minimum Gasteiger partial charge on any atom is -0.493 e. The predicted molar refractivity (Wildman–Crippen MR) is 138 cm³/mol. The van der Waals surface area contributed by atoms with Crippen LogP contribution in [0.3, 0.4) is 0 Å². The number of methoxy groups -OCH3 is 2. The van der Waals surface area contributed by atoms with E-state index in [-0.39, 0.29) is 23.9 Å². The lowest BCUT2D eigenvalue weighted by atomic mass is 10.0. The molecular weight excluding hydrogens is 460 g/mol. The lowest BCUT2D eigenvalue weighted by Gasteiger charge is -2.33. The average Bonchev–Trinajstić information content (AvgIpc) is 2.88. The molecule has 1 fully saturated rings. The highest BCUT2D eigenvalue weighted by Gasteiger charge is 2.27. The van der Waals surface area contributed by atoms with Crippen molar-refractivity contribution >= 4 is 23.5 Å². The molecule has 4 amide bonds. The molecule has 2 aromatic rings. The summed E-state index contributed by atoms with van der Waals surface area (Å²) in [6.45, 7) is 4.51. The van der Waals surface area contributed by atoms with Crippen molar-refractivity contribution in [3.8, 4) is 11.5 Å². The number of carbonyl (C=O) groups is 3. The number of hydrogen-bond acceptors (Lipinski definition) is 5. The van der Waals surface area contributed by atoms with Gasteiger partial charge in [0.1, 0.15) is 6.04 Å². The molecule has 194 valence electrons. The summed E-state index contributed by atoms with van der Waals surface area (Å²) in [6.07, 6.45) is 2.42. The molecule has 2 aromatic carbocycles. The van der Waals surface area contributed by atoms with Crippen molar-refractivity contribution in [2.75, 3.05) is 32.6 Å². The van der Waals surface area contributed by atoms with E-state index in [0.29, 0.717) is 43.9 Å². The minimum atomic E-state index is -0.729. The number of nitrogens with one attached hydrogen (secondary N) is 3. The number of nitrogens with zero attached hydrogens (tertiary/aromatic N) is 1. The molecule has 0 aliphatic carbocycles. The van der Waals surface area contributed by atoms with Gasteiger partial charge in [0.15, 0.2) is 11.5 Å². The molecule has 3 N–H and O–H groups in total. The molecule has 9 heteroatoms. The first-order valence-electron chi connectivity index (χ1n) is 12.3. The summed E-state index contributed by atoms with van der Waals surface area (Å²) in [5, 5.41) is 8.81. The van der Waals surface area contributed by atoms with Crippen LogP contribution in [-0.4, -0.2) is 62.1 Å². The van der Waals surface area contributed by atoms with Gasteiger partial charge < -0.3 is 30.3 Å². The number of likely N-dealkylation sites (tertiary alicyclic amines) is 1. The van der Waals surface area contributed by atoms with Crippen molar-refractivity contribution < 1.29 is 23.9 Å². The SMILES string of the molecule is CCc1ccccc1NC(=O)N1CCC(NC(=O)[C@@H](Cc2ccc(OC)c(OC)c2)NC(C)=O)CC1. The maximum Gasteiger partial charge on any atom is 0.321 e. The van der Waals surface area contributed by atoms with Gasteiger partial charge in [0.25, 0.3) is 0 Å². The van der Waals surface area contributed by atoms with Crippen molar-refractivity contribution in [3.05, 3.63) is 53.6 Å². The van der Waals surface area contributed by atoms with Crippen LogP contribution in [0.4, 0.5) is 10.5 Å². The van der Waals surface area contributed by atoms with E-state index >= 15 is 0 Å². The molecule has 1 saturated heterocycles. The van der Waals surface area contributed by atoms with Crippen molar-refractivity contribution in [2.24, 2.45) is 0 Å². The summed E-state index contributed by atoms with van der Waals surface area (Å²) < 4.78 is 10.6. The first-order valence-corrected chi connectivity index (χ1v) is 12.3.